The van der Waals surface area contributed by atoms with Gasteiger partial charge in [0.25, 0.3) is 0 Å². The van der Waals surface area contributed by atoms with E-state index in [1.807, 2.05) is 5.32 Å². The molecule has 0 aromatic rings. The minimum Gasteiger partial charge on any atom is -0.481 e. The first kappa shape index (κ1) is 31.6. The molecule has 15 nitrogen and oxygen atoms in total. The summed E-state index contributed by atoms with van der Waals surface area (Å²) in [7, 11) is 0. The van der Waals surface area contributed by atoms with Crippen molar-refractivity contribution in [3.63, 3.8) is 0 Å². The number of nitrogens with one attached hydrogen (secondary N) is 3. The largest absolute Gasteiger partial charge is 0.481 e. The Hall–Kier alpha value is -3.40. The van der Waals surface area contributed by atoms with Gasteiger partial charge in [-0.1, -0.05) is 0 Å². The van der Waals surface area contributed by atoms with Crippen LogP contribution in [0.1, 0.15) is 38.5 Å². The molecule has 0 bridgehead atoms. The molecule has 0 aromatic carbocycles. The highest BCUT2D eigenvalue weighted by Gasteiger charge is 2.31. The smallest absolute Gasteiger partial charge is 0.326 e. The predicted molar refractivity (Wildman–Crippen MR) is 122 cm³/mol. The summed E-state index contributed by atoms with van der Waals surface area (Å²) < 4.78 is 0. The van der Waals surface area contributed by atoms with E-state index in [2.05, 4.69) is 10.6 Å². The maximum Gasteiger partial charge on any atom is 0.326 e. The van der Waals surface area contributed by atoms with Crippen molar-refractivity contribution in [2.45, 2.75) is 62.7 Å². The Balaban J connectivity index is 5.47. The second-order valence-electron chi connectivity index (χ2n) is 7.44. The molecule has 198 valence electrons. The van der Waals surface area contributed by atoms with Crippen molar-refractivity contribution >= 4 is 53.3 Å². The summed E-state index contributed by atoms with van der Waals surface area (Å²) in [6, 6.07) is -5.73. The monoisotopic (exact) mass is 521 g/mol. The molecule has 0 aliphatic rings. The van der Waals surface area contributed by atoms with Gasteiger partial charge >= 0.3 is 17.9 Å². The highest BCUT2D eigenvalue weighted by Crippen LogP contribution is 2.06. The predicted octanol–water partition coefficient (Wildman–Crippen LogP) is -2.79. The topological polar surface area (TPSA) is 268 Å². The maximum absolute atomic E-state index is 12.8. The molecule has 0 saturated carbocycles. The van der Waals surface area contributed by atoms with Crippen molar-refractivity contribution in [2.75, 3.05) is 12.0 Å². The lowest BCUT2D eigenvalue weighted by atomic mass is 10.1. The van der Waals surface area contributed by atoms with Crippen LogP contribution >= 0.6 is 11.8 Å². The van der Waals surface area contributed by atoms with Crippen LogP contribution in [0.5, 0.6) is 0 Å². The van der Waals surface area contributed by atoms with Crippen molar-refractivity contribution < 1.29 is 48.9 Å². The zero-order valence-electron chi connectivity index (χ0n) is 19.0. The molecule has 4 unspecified atom stereocenters. The molecule has 0 aliphatic carbocycles. The number of hydrogen-bond donors (Lipinski definition) is 8. The number of hydrogen-bond acceptors (Lipinski definition) is 9. The summed E-state index contributed by atoms with van der Waals surface area (Å²) in [6.07, 6.45) is -0.382. The molecule has 4 atom stereocenters. The van der Waals surface area contributed by atoms with E-state index in [-0.39, 0.29) is 19.3 Å². The molecule has 10 N–H and O–H groups in total. The molecule has 16 heteroatoms. The Morgan fingerprint density at radius 1 is 0.743 bits per heavy atom. The molecule has 4 amide bonds. The average Bonchev–Trinajstić information content (AvgIpc) is 2.75. The number of rotatable bonds is 18. The molecular weight excluding hydrogens is 490 g/mol. The van der Waals surface area contributed by atoms with Crippen molar-refractivity contribution in [2.24, 2.45) is 11.5 Å². The summed E-state index contributed by atoms with van der Waals surface area (Å²) in [5.74, 6) is -7.47. The standard InChI is InChI=1S/C19H31N5O10S/c1-35-7-6-10(22-16(30)9(20)2-4-13(21)25)17(31)24-12(8-15(28)29)18(32)23-11(19(33)34)3-5-14(26)27/h9-12H,2-8,20H2,1H3,(H2,21,25)(H,22,30)(H,23,32)(H,24,31)(H,26,27)(H,28,29)(H,33,34). The number of aliphatic carboxylic acids is 3. The van der Waals surface area contributed by atoms with E-state index in [4.69, 9.17) is 21.7 Å². The summed E-state index contributed by atoms with van der Waals surface area (Å²) in [4.78, 5) is 81.8. The van der Waals surface area contributed by atoms with Crippen LogP contribution in [0.4, 0.5) is 0 Å². The zero-order chi connectivity index (χ0) is 27.1. The second kappa shape index (κ2) is 16.3. The van der Waals surface area contributed by atoms with Gasteiger partial charge in [0.2, 0.25) is 23.6 Å². The minimum absolute atomic E-state index is 0.0744. The fourth-order valence-corrected chi connectivity index (χ4v) is 3.14. The number of carboxylic acids is 3. The van der Waals surface area contributed by atoms with E-state index >= 15 is 0 Å². The van der Waals surface area contributed by atoms with E-state index in [1.54, 1.807) is 6.26 Å². The van der Waals surface area contributed by atoms with Gasteiger partial charge in [0.1, 0.15) is 18.1 Å². The van der Waals surface area contributed by atoms with Gasteiger partial charge in [0.05, 0.1) is 12.5 Å². The summed E-state index contributed by atoms with van der Waals surface area (Å²) in [5, 5.41) is 33.6. The Morgan fingerprint density at radius 3 is 1.77 bits per heavy atom. The van der Waals surface area contributed by atoms with Crippen LogP contribution in [-0.2, 0) is 33.6 Å². The molecule has 0 fully saturated rings. The number of thioether (sulfide) groups is 1. The zero-order valence-corrected chi connectivity index (χ0v) is 19.8. The fraction of sp³-hybridized carbons (Fsp3) is 0.632. The van der Waals surface area contributed by atoms with E-state index < -0.39 is 85.0 Å². The van der Waals surface area contributed by atoms with E-state index in [1.165, 1.54) is 11.8 Å². The number of carboxylic acid groups (broad SMARTS) is 3. The number of amides is 4. The van der Waals surface area contributed by atoms with Gasteiger partial charge in [-0.2, -0.15) is 11.8 Å². The van der Waals surface area contributed by atoms with Gasteiger partial charge in [-0.3, -0.25) is 28.8 Å². The average molecular weight is 522 g/mol. The van der Waals surface area contributed by atoms with Crippen molar-refractivity contribution in [3.8, 4) is 0 Å². The number of primary amides is 1. The molecule has 35 heavy (non-hydrogen) atoms. The van der Waals surface area contributed by atoms with Gasteiger partial charge < -0.3 is 42.7 Å². The third-order valence-corrected chi connectivity index (χ3v) is 5.20. The Bertz CT molecular complexity index is 809. The van der Waals surface area contributed by atoms with Gasteiger partial charge in [-0.15, -0.1) is 0 Å². The first-order valence-corrected chi connectivity index (χ1v) is 11.8. The molecule has 0 heterocycles. The lowest BCUT2D eigenvalue weighted by molar-refractivity contribution is -0.144. The third-order valence-electron chi connectivity index (χ3n) is 4.56. The van der Waals surface area contributed by atoms with Crippen molar-refractivity contribution in [3.05, 3.63) is 0 Å². The molecule has 0 aliphatic heterocycles. The Kier molecular flexibility index (Phi) is 14.7. The molecule has 0 rings (SSSR count). The van der Waals surface area contributed by atoms with Crippen LogP contribution < -0.4 is 27.4 Å². The Labute approximate surface area is 204 Å². The van der Waals surface area contributed by atoms with Crippen LogP contribution in [-0.4, -0.2) is 93.0 Å². The fourth-order valence-electron chi connectivity index (χ4n) is 2.67. The first-order valence-electron chi connectivity index (χ1n) is 10.4. The van der Waals surface area contributed by atoms with E-state index in [9.17, 15) is 38.7 Å². The summed E-state index contributed by atoms with van der Waals surface area (Å²) >= 11 is 1.34. The van der Waals surface area contributed by atoms with Crippen LogP contribution in [0.2, 0.25) is 0 Å². The van der Waals surface area contributed by atoms with Gasteiger partial charge in [0, 0.05) is 12.8 Å². The quantitative estimate of drug-likeness (QED) is 0.0909. The second-order valence-corrected chi connectivity index (χ2v) is 8.43. The van der Waals surface area contributed by atoms with Gasteiger partial charge in [-0.25, -0.2) is 4.79 Å². The summed E-state index contributed by atoms with van der Waals surface area (Å²) in [5.41, 5.74) is 10.7. The molecule has 0 radical (unpaired) electrons. The molecule has 0 saturated heterocycles. The molecule has 0 spiro atoms. The number of carbonyl (C=O) groups excluding carboxylic acids is 4. The maximum atomic E-state index is 12.8. The van der Waals surface area contributed by atoms with Crippen molar-refractivity contribution in [1.29, 1.82) is 0 Å². The Morgan fingerprint density at radius 2 is 1.29 bits per heavy atom. The molecular formula is C19H31N5O10S. The summed E-state index contributed by atoms with van der Waals surface area (Å²) in [6.45, 7) is 0. The SMILES string of the molecule is CSCCC(NC(=O)C(N)CCC(N)=O)C(=O)NC(CC(=O)O)C(=O)NC(CCC(=O)O)C(=O)O. The highest BCUT2D eigenvalue weighted by molar-refractivity contribution is 7.98. The van der Waals surface area contributed by atoms with Gasteiger partial charge in [-0.05, 0) is 31.3 Å². The van der Waals surface area contributed by atoms with E-state index in [0.29, 0.717) is 5.75 Å². The van der Waals surface area contributed by atoms with Crippen LogP contribution in [0.15, 0.2) is 0 Å². The molecule has 0 aromatic heterocycles. The van der Waals surface area contributed by atoms with Crippen LogP contribution in [0, 0.1) is 0 Å². The van der Waals surface area contributed by atoms with E-state index in [0.717, 1.165) is 0 Å². The lowest BCUT2D eigenvalue weighted by Crippen LogP contribution is -2.57. The first-order chi connectivity index (χ1) is 16.3. The normalized spacial score (nSPS) is 14.0. The van der Waals surface area contributed by atoms with Crippen LogP contribution in [0.25, 0.3) is 0 Å². The number of nitrogens with two attached hydrogens (primary N) is 2. The number of carbonyl (C=O) groups is 7. The minimum atomic E-state index is -1.72. The van der Waals surface area contributed by atoms with Crippen LogP contribution in [0.3, 0.4) is 0 Å². The highest BCUT2D eigenvalue weighted by atomic mass is 32.2. The van der Waals surface area contributed by atoms with Gasteiger partial charge in [0.15, 0.2) is 0 Å². The van der Waals surface area contributed by atoms with Crippen molar-refractivity contribution in [1.82, 2.24) is 16.0 Å². The third kappa shape index (κ3) is 13.8. The lowest BCUT2D eigenvalue weighted by Gasteiger charge is -2.24.